The molecule has 78 valence electrons. The molecule has 0 aliphatic heterocycles. The van der Waals surface area contributed by atoms with Crippen LogP contribution in [0.3, 0.4) is 0 Å². The molecule has 3 N–H and O–H groups in total. The Balaban J connectivity index is 3.56. The second-order valence-corrected chi connectivity index (χ2v) is 4.98. The van der Waals surface area contributed by atoms with E-state index in [1.807, 2.05) is 0 Å². The van der Waals surface area contributed by atoms with E-state index in [1.165, 1.54) is 0 Å². The van der Waals surface area contributed by atoms with Crippen molar-refractivity contribution in [3.8, 4) is 0 Å². The predicted octanol–water partition coefficient (Wildman–Crippen LogP) is -0.527. The first kappa shape index (κ1) is 12.6. The summed E-state index contributed by atoms with van der Waals surface area (Å²) >= 11 is 0. The number of nitrogens with one attached hydrogen (secondary N) is 1. The Morgan fingerprint density at radius 3 is 2.62 bits per heavy atom. The number of amides is 1. The first-order valence-electron chi connectivity index (χ1n) is 4.31. The smallest absolute Gasteiger partial charge is 0.390 e. The lowest BCUT2D eigenvalue weighted by Crippen LogP contribution is -2.38. The van der Waals surface area contributed by atoms with Crippen molar-refractivity contribution < 1.29 is 18.8 Å². The Morgan fingerprint density at radius 1 is 1.54 bits per heavy atom. The minimum atomic E-state index is -3.46. The van der Waals surface area contributed by atoms with Crippen LogP contribution in [0.5, 0.6) is 0 Å². The second kappa shape index (κ2) is 6.09. The van der Waals surface area contributed by atoms with Gasteiger partial charge in [0.25, 0.3) is 0 Å². The number of rotatable bonds is 6. The number of hydrogen-bond acceptors (Lipinski definition) is 4. The molecule has 0 atom stereocenters. The molecule has 5 nitrogen and oxygen atoms in total. The average Bonchev–Trinajstić information content (AvgIpc) is 2.03. The maximum atomic E-state index is 10.8. The zero-order chi connectivity index (χ0) is 10.3. The molecule has 6 heteroatoms. The van der Waals surface area contributed by atoms with Gasteiger partial charge >= 0.3 is 8.80 Å². The molecule has 0 fully saturated rings. The van der Waals surface area contributed by atoms with Crippen LogP contribution in [0.1, 0.15) is 19.8 Å². The first-order chi connectivity index (χ1) is 6.02. The average molecular weight is 207 g/mol. The molecule has 0 rings (SSSR count). The summed E-state index contributed by atoms with van der Waals surface area (Å²) in [7, 11) is -1.91. The lowest BCUT2D eigenvalue weighted by atomic mass is 10.3. The zero-order valence-corrected chi connectivity index (χ0v) is 9.04. The van der Waals surface area contributed by atoms with Crippen molar-refractivity contribution in [2.24, 2.45) is 0 Å². The van der Waals surface area contributed by atoms with Gasteiger partial charge in [-0.05, 0) is 13.3 Å². The second-order valence-electron chi connectivity index (χ2n) is 2.70. The summed E-state index contributed by atoms with van der Waals surface area (Å²) < 4.78 is 4.76. The van der Waals surface area contributed by atoms with Gasteiger partial charge in [0.1, 0.15) is 0 Å². The van der Waals surface area contributed by atoms with Crippen LogP contribution in [0.2, 0.25) is 6.04 Å². The lowest BCUT2D eigenvalue weighted by Gasteiger charge is -2.15. The summed E-state index contributed by atoms with van der Waals surface area (Å²) in [6.07, 6.45) is 0.748. The van der Waals surface area contributed by atoms with Crippen molar-refractivity contribution in [2.45, 2.75) is 25.8 Å². The highest BCUT2D eigenvalue weighted by molar-refractivity contribution is 6.57. The van der Waals surface area contributed by atoms with E-state index in [4.69, 9.17) is 4.43 Å². The number of carbonyl (C=O) groups is 1. The van der Waals surface area contributed by atoms with Crippen molar-refractivity contribution in [1.82, 2.24) is 5.32 Å². The van der Waals surface area contributed by atoms with E-state index in [0.717, 1.165) is 0 Å². The molecule has 0 radical (unpaired) electrons. The Hall–Kier alpha value is -0.433. The Kier molecular flexibility index (Phi) is 5.88. The third-order valence-electron chi connectivity index (χ3n) is 1.56. The van der Waals surface area contributed by atoms with Crippen LogP contribution in [0.25, 0.3) is 0 Å². The summed E-state index contributed by atoms with van der Waals surface area (Å²) in [5.74, 6) is -0.0960. The highest BCUT2D eigenvalue weighted by atomic mass is 28.4. The molecule has 0 aliphatic carbocycles. The van der Waals surface area contributed by atoms with Gasteiger partial charge in [-0.3, -0.25) is 4.79 Å². The molecule has 0 heterocycles. The Morgan fingerprint density at radius 2 is 2.15 bits per heavy atom. The lowest BCUT2D eigenvalue weighted by molar-refractivity contribution is -0.120. The third-order valence-corrected chi connectivity index (χ3v) is 3.32. The van der Waals surface area contributed by atoms with Gasteiger partial charge in [-0.15, -0.1) is 0 Å². The summed E-state index contributed by atoms with van der Waals surface area (Å²) in [4.78, 5) is 29.2. The standard InChI is InChI=1S/C7H17NO4Si/c1-3-12-13(10,11)6-4-5-7(9)8-2/h10-11H,3-6H2,1-2H3,(H,8,9). The van der Waals surface area contributed by atoms with Crippen molar-refractivity contribution in [1.29, 1.82) is 0 Å². The summed E-state index contributed by atoms with van der Waals surface area (Å²) in [5.41, 5.74) is 0. The van der Waals surface area contributed by atoms with Crippen LogP contribution in [-0.2, 0) is 9.22 Å². The van der Waals surface area contributed by atoms with Gasteiger partial charge in [-0.25, -0.2) is 0 Å². The largest absolute Gasteiger partial charge is 0.495 e. The highest BCUT2D eigenvalue weighted by Gasteiger charge is 2.30. The molecule has 0 aromatic carbocycles. The fourth-order valence-corrected chi connectivity index (χ4v) is 2.15. The molecule has 0 bridgehead atoms. The quantitative estimate of drug-likeness (QED) is 0.512. The van der Waals surface area contributed by atoms with Crippen LogP contribution < -0.4 is 5.32 Å². The van der Waals surface area contributed by atoms with Gasteiger partial charge in [-0.1, -0.05) is 0 Å². The van der Waals surface area contributed by atoms with Gasteiger partial charge in [-0.2, -0.15) is 0 Å². The molecule has 0 saturated heterocycles. The summed E-state index contributed by atoms with van der Waals surface area (Å²) in [5, 5.41) is 2.46. The van der Waals surface area contributed by atoms with E-state index in [1.54, 1.807) is 14.0 Å². The molecule has 0 saturated carbocycles. The van der Waals surface area contributed by atoms with Crippen LogP contribution in [-0.4, -0.2) is 38.0 Å². The summed E-state index contributed by atoms with van der Waals surface area (Å²) in [6.45, 7) is 1.99. The fraction of sp³-hybridized carbons (Fsp3) is 0.857. The molecule has 0 unspecified atom stereocenters. The normalized spacial score (nSPS) is 11.4. The highest BCUT2D eigenvalue weighted by Crippen LogP contribution is 2.08. The van der Waals surface area contributed by atoms with Crippen molar-refractivity contribution >= 4 is 14.7 Å². The molecular weight excluding hydrogens is 190 g/mol. The molecular formula is C7H17NO4Si. The van der Waals surface area contributed by atoms with Crippen molar-refractivity contribution in [3.05, 3.63) is 0 Å². The number of hydrogen-bond donors (Lipinski definition) is 3. The minimum absolute atomic E-state index is 0.0960. The summed E-state index contributed by atoms with van der Waals surface area (Å²) in [6, 6.07) is 0.175. The van der Waals surface area contributed by atoms with Crippen molar-refractivity contribution in [2.75, 3.05) is 13.7 Å². The Labute approximate surface area is 79.1 Å². The van der Waals surface area contributed by atoms with Crippen LogP contribution >= 0.6 is 0 Å². The van der Waals surface area contributed by atoms with E-state index in [9.17, 15) is 14.4 Å². The monoisotopic (exact) mass is 207 g/mol. The first-order valence-corrected chi connectivity index (χ1v) is 6.32. The zero-order valence-electron chi connectivity index (χ0n) is 8.04. The minimum Gasteiger partial charge on any atom is -0.390 e. The van der Waals surface area contributed by atoms with E-state index in [0.29, 0.717) is 19.4 Å². The van der Waals surface area contributed by atoms with E-state index >= 15 is 0 Å². The van der Waals surface area contributed by atoms with Gasteiger partial charge in [0.05, 0.1) is 0 Å². The maximum Gasteiger partial charge on any atom is 0.495 e. The van der Waals surface area contributed by atoms with Crippen LogP contribution in [0, 0.1) is 0 Å². The molecule has 0 aromatic heterocycles. The third kappa shape index (κ3) is 6.70. The van der Waals surface area contributed by atoms with E-state index < -0.39 is 8.80 Å². The van der Waals surface area contributed by atoms with E-state index in [-0.39, 0.29) is 12.0 Å². The maximum absolute atomic E-state index is 10.8. The fourth-order valence-electron chi connectivity index (χ4n) is 0.908. The molecule has 0 aliphatic rings. The van der Waals surface area contributed by atoms with Crippen LogP contribution in [0.4, 0.5) is 0 Å². The topological polar surface area (TPSA) is 78.8 Å². The van der Waals surface area contributed by atoms with E-state index in [2.05, 4.69) is 5.32 Å². The SMILES string of the molecule is CCO[Si](O)(O)CCCC(=O)NC. The number of carbonyl (C=O) groups excluding carboxylic acids is 1. The van der Waals surface area contributed by atoms with Gasteiger partial charge < -0.3 is 19.3 Å². The molecule has 13 heavy (non-hydrogen) atoms. The molecule has 0 spiro atoms. The predicted molar refractivity (Wildman–Crippen MR) is 49.9 cm³/mol. The molecule has 1 amide bonds. The Bertz CT molecular complexity index is 163. The van der Waals surface area contributed by atoms with Gasteiger partial charge in [0, 0.05) is 26.1 Å². The van der Waals surface area contributed by atoms with Gasteiger partial charge in [0.15, 0.2) is 0 Å². The van der Waals surface area contributed by atoms with Gasteiger partial charge in [0.2, 0.25) is 5.91 Å². The van der Waals surface area contributed by atoms with Crippen molar-refractivity contribution in [3.63, 3.8) is 0 Å². The van der Waals surface area contributed by atoms with Crippen LogP contribution in [0.15, 0.2) is 0 Å². The molecule has 0 aromatic rings.